The zero-order valence-electron chi connectivity index (χ0n) is 19.1. The Morgan fingerprint density at radius 1 is 0.895 bits per heavy atom. The molecule has 3 N–H and O–H groups in total. The van der Waals surface area contributed by atoms with Gasteiger partial charge in [-0.1, -0.05) is 13.8 Å². The van der Waals surface area contributed by atoms with Crippen LogP contribution in [-0.2, 0) is 26.7 Å². The summed E-state index contributed by atoms with van der Waals surface area (Å²) in [7, 11) is 0. The van der Waals surface area contributed by atoms with Gasteiger partial charge in [-0.2, -0.15) is 39.5 Å². The summed E-state index contributed by atoms with van der Waals surface area (Å²) in [4.78, 5) is 38.6. The maximum Gasteiger partial charge on any atom is 0.471 e. The SMILES string of the molecule is CC(C)[C@H](NC(=O)C(F)(F)F)C(=O)NNC(=O)/C=C\n1cnc(-c2cc(C(F)(F)F)cc(C(F)(F)F)c2)n1. The Morgan fingerprint density at radius 2 is 1.45 bits per heavy atom. The van der Waals surface area contributed by atoms with Crippen LogP contribution in [0.4, 0.5) is 39.5 Å². The summed E-state index contributed by atoms with van der Waals surface area (Å²) in [6.45, 7) is 2.65. The van der Waals surface area contributed by atoms with Gasteiger partial charge in [-0.3, -0.25) is 25.2 Å². The maximum atomic E-state index is 13.0. The maximum absolute atomic E-state index is 13.0. The summed E-state index contributed by atoms with van der Waals surface area (Å²) >= 11 is 0. The van der Waals surface area contributed by atoms with Gasteiger partial charge in [0.1, 0.15) is 12.4 Å². The molecule has 0 fully saturated rings. The molecule has 0 saturated carbocycles. The Bertz CT molecular complexity index is 1180. The van der Waals surface area contributed by atoms with Crippen LogP contribution in [0.2, 0.25) is 0 Å². The van der Waals surface area contributed by atoms with Crippen molar-refractivity contribution in [3.05, 3.63) is 41.7 Å². The molecule has 3 amide bonds. The quantitative estimate of drug-likeness (QED) is 0.285. The van der Waals surface area contributed by atoms with E-state index in [1.807, 2.05) is 5.43 Å². The van der Waals surface area contributed by atoms with Crippen LogP contribution in [0.25, 0.3) is 17.6 Å². The minimum Gasteiger partial charge on any atom is -0.336 e. The fraction of sp³-hybridized carbons (Fsp3) is 0.350. The van der Waals surface area contributed by atoms with Crippen molar-refractivity contribution in [1.29, 1.82) is 0 Å². The third-order valence-electron chi connectivity index (χ3n) is 4.54. The van der Waals surface area contributed by atoms with Crippen molar-refractivity contribution in [2.75, 3.05) is 0 Å². The van der Waals surface area contributed by atoms with Crippen LogP contribution in [0.1, 0.15) is 25.0 Å². The average Bonchev–Trinajstić information content (AvgIpc) is 3.26. The molecule has 0 saturated heterocycles. The smallest absolute Gasteiger partial charge is 0.336 e. The van der Waals surface area contributed by atoms with Gasteiger partial charge in [0.2, 0.25) is 0 Å². The molecule has 0 aliphatic carbocycles. The number of amides is 3. The van der Waals surface area contributed by atoms with Crippen molar-refractivity contribution in [2.24, 2.45) is 5.92 Å². The Balaban J connectivity index is 2.11. The molecule has 1 atom stereocenters. The van der Waals surface area contributed by atoms with E-state index in [9.17, 15) is 53.9 Å². The van der Waals surface area contributed by atoms with Crippen molar-refractivity contribution in [3.8, 4) is 11.4 Å². The molecule has 1 aromatic carbocycles. The minimum absolute atomic E-state index is 0.0720. The summed E-state index contributed by atoms with van der Waals surface area (Å²) in [6, 6.07) is -0.926. The van der Waals surface area contributed by atoms with E-state index < -0.39 is 70.7 Å². The molecule has 2 rings (SSSR count). The molecule has 18 heteroatoms. The van der Waals surface area contributed by atoms with Crippen LogP contribution in [0.15, 0.2) is 30.6 Å². The highest BCUT2D eigenvalue weighted by Gasteiger charge is 2.41. The molecule has 2 aromatic rings. The first-order valence-corrected chi connectivity index (χ1v) is 10.2. The number of carbonyl (C=O) groups excluding carboxylic acids is 3. The second kappa shape index (κ2) is 11.1. The first-order valence-electron chi connectivity index (χ1n) is 10.2. The highest BCUT2D eigenvalue weighted by Crippen LogP contribution is 2.38. The normalized spacial score (nSPS) is 13.5. The number of aromatic nitrogens is 3. The van der Waals surface area contributed by atoms with Crippen molar-refractivity contribution in [1.82, 2.24) is 30.9 Å². The van der Waals surface area contributed by atoms with Crippen LogP contribution in [-0.4, -0.2) is 44.7 Å². The largest absolute Gasteiger partial charge is 0.471 e. The lowest BCUT2D eigenvalue weighted by Gasteiger charge is -2.22. The predicted octanol–water partition coefficient (Wildman–Crippen LogP) is 3.30. The van der Waals surface area contributed by atoms with Crippen LogP contribution in [0.5, 0.6) is 0 Å². The number of hydrazine groups is 1. The van der Waals surface area contributed by atoms with E-state index in [0.717, 1.165) is 17.2 Å². The molecule has 0 aliphatic heterocycles. The van der Waals surface area contributed by atoms with Gasteiger partial charge in [0.25, 0.3) is 11.8 Å². The molecule has 1 aromatic heterocycles. The van der Waals surface area contributed by atoms with Gasteiger partial charge < -0.3 is 5.32 Å². The Labute approximate surface area is 207 Å². The summed E-state index contributed by atoms with van der Waals surface area (Å²) < 4.78 is 116. The molecular weight excluding hydrogens is 543 g/mol. The Hall–Kier alpha value is -4.12. The number of benzene rings is 1. The number of hydrogen-bond acceptors (Lipinski definition) is 5. The molecule has 0 spiro atoms. The standard InChI is InChI=1S/C20H17F9N6O3/c1-9(2)14(31-17(38)20(27,28)29)16(37)33-32-13(36)3-4-35-8-30-15(34-35)10-5-11(18(21,22)23)7-12(6-10)19(24,25)26/h3-9,14H,1-2H3,(H,31,38)(H,32,36)(H,33,37)/b4-3-/t14-/m0/s1. The lowest BCUT2D eigenvalue weighted by molar-refractivity contribution is -0.175. The Morgan fingerprint density at radius 3 is 1.92 bits per heavy atom. The zero-order chi connectivity index (χ0) is 29.1. The second-order valence-corrected chi connectivity index (χ2v) is 7.83. The van der Waals surface area contributed by atoms with E-state index in [0.29, 0.717) is 18.2 Å². The van der Waals surface area contributed by atoms with Crippen LogP contribution >= 0.6 is 0 Å². The van der Waals surface area contributed by atoms with Gasteiger partial charge in [-0.25, -0.2) is 9.67 Å². The Kier molecular flexibility index (Phi) is 8.79. The predicted molar refractivity (Wildman–Crippen MR) is 110 cm³/mol. The molecular formula is C20H17F9N6O3. The zero-order valence-corrected chi connectivity index (χ0v) is 19.1. The number of halogens is 9. The van der Waals surface area contributed by atoms with E-state index in [-0.39, 0.29) is 6.07 Å². The molecule has 0 bridgehead atoms. The van der Waals surface area contributed by atoms with Crippen LogP contribution in [0, 0.1) is 5.92 Å². The molecule has 0 radical (unpaired) electrons. The van der Waals surface area contributed by atoms with E-state index in [4.69, 9.17) is 0 Å². The van der Waals surface area contributed by atoms with Crippen LogP contribution in [0.3, 0.4) is 0 Å². The molecule has 1 heterocycles. The molecule has 0 aliphatic rings. The highest BCUT2D eigenvalue weighted by atomic mass is 19.4. The van der Waals surface area contributed by atoms with Gasteiger partial charge in [0, 0.05) is 17.8 Å². The summed E-state index contributed by atoms with van der Waals surface area (Å²) in [5.74, 6) is -5.98. The number of rotatable bonds is 6. The summed E-state index contributed by atoms with van der Waals surface area (Å²) in [5.41, 5.74) is -0.173. The fourth-order valence-electron chi connectivity index (χ4n) is 2.71. The lowest BCUT2D eigenvalue weighted by atomic mass is 10.0. The van der Waals surface area contributed by atoms with E-state index in [1.165, 1.54) is 19.2 Å². The molecule has 0 unspecified atom stereocenters. The first kappa shape index (κ1) is 30.1. The number of nitrogens with zero attached hydrogens (tertiary/aromatic N) is 3. The minimum atomic E-state index is -5.25. The summed E-state index contributed by atoms with van der Waals surface area (Å²) in [6.07, 6.45) is -13.0. The highest BCUT2D eigenvalue weighted by molar-refractivity contribution is 5.94. The van der Waals surface area contributed by atoms with Crippen molar-refractivity contribution >= 4 is 23.9 Å². The molecule has 208 valence electrons. The molecule has 38 heavy (non-hydrogen) atoms. The lowest BCUT2D eigenvalue weighted by Crippen LogP contribution is -2.56. The monoisotopic (exact) mass is 560 g/mol. The summed E-state index contributed by atoms with van der Waals surface area (Å²) in [5, 5.41) is 5.14. The van der Waals surface area contributed by atoms with Gasteiger partial charge in [0.15, 0.2) is 5.82 Å². The van der Waals surface area contributed by atoms with E-state index in [2.05, 4.69) is 10.1 Å². The number of hydrogen-bond donors (Lipinski definition) is 3. The first-order chi connectivity index (χ1) is 17.3. The topological polar surface area (TPSA) is 118 Å². The van der Waals surface area contributed by atoms with Crippen LogP contribution < -0.4 is 16.2 Å². The van der Waals surface area contributed by atoms with Gasteiger partial charge in [0.05, 0.1) is 11.1 Å². The second-order valence-electron chi connectivity index (χ2n) is 7.83. The van der Waals surface area contributed by atoms with Crippen molar-refractivity contribution in [2.45, 2.75) is 38.4 Å². The van der Waals surface area contributed by atoms with E-state index in [1.54, 1.807) is 5.43 Å². The fourth-order valence-corrected chi connectivity index (χ4v) is 2.71. The number of alkyl halides is 9. The van der Waals surface area contributed by atoms with Gasteiger partial charge >= 0.3 is 24.4 Å². The third kappa shape index (κ3) is 8.20. The number of nitrogens with one attached hydrogen (secondary N) is 3. The average molecular weight is 560 g/mol. The van der Waals surface area contributed by atoms with Gasteiger partial charge in [-0.05, 0) is 24.1 Å². The number of carbonyl (C=O) groups is 3. The van der Waals surface area contributed by atoms with Crippen molar-refractivity contribution in [3.63, 3.8) is 0 Å². The van der Waals surface area contributed by atoms with E-state index >= 15 is 0 Å². The third-order valence-corrected chi connectivity index (χ3v) is 4.54. The van der Waals surface area contributed by atoms with Crippen molar-refractivity contribution < 1.29 is 53.9 Å². The van der Waals surface area contributed by atoms with Gasteiger partial charge in [-0.15, -0.1) is 5.10 Å². The molecule has 9 nitrogen and oxygen atoms in total.